The van der Waals surface area contributed by atoms with Gasteiger partial charge in [0.05, 0.1) is 12.6 Å². The highest BCUT2D eigenvalue weighted by molar-refractivity contribution is 5.50. The number of aryl methyl sites for hydroxylation is 1. The number of rotatable bonds is 3. The van der Waals surface area contributed by atoms with Crippen LogP contribution in [0.25, 0.3) is 0 Å². The van der Waals surface area contributed by atoms with Crippen molar-refractivity contribution in [3.05, 3.63) is 28.8 Å². The maximum atomic E-state index is 6.36. The number of methoxy groups -OCH3 is 1. The van der Waals surface area contributed by atoms with Crippen LogP contribution in [0.4, 0.5) is 0 Å². The van der Waals surface area contributed by atoms with Gasteiger partial charge in [0, 0.05) is 6.54 Å². The lowest BCUT2D eigenvalue weighted by Gasteiger charge is -2.49. The highest BCUT2D eigenvalue weighted by Gasteiger charge is 2.42. The predicted molar refractivity (Wildman–Crippen MR) is 86.8 cm³/mol. The van der Waals surface area contributed by atoms with Gasteiger partial charge in [0.25, 0.3) is 0 Å². The van der Waals surface area contributed by atoms with Crippen molar-refractivity contribution in [3.8, 4) is 5.75 Å². The minimum atomic E-state index is 0.0344. The summed E-state index contributed by atoms with van der Waals surface area (Å²) < 4.78 is 5.63. The lowest BCUT2D eigenvalue weighted by molar-refractivity contribution is 0.0536. The molecule has 3 rings (SSSR count). The van der Waals surface area contributed by atoms with Gasteiger partial charge in [-0.3, -0.25) is 4.90 Å². The number of hydrogen-bond acceptors (Lipinski definition) is 3. The van der Waals surface area contributed by atoms with Crippen molar-refractivity contribution < 1.29 is 4.74 Å². The lowest BCUT2D eigenvalue weighted by Crippen LogP contribution is -2.55. The average molecular weight is 288 g/mol. The first-order valence-electron chi connectivity index (χ1n) is 8.35. The van der Waals surface area contributed by atoms with E-state index in [1.807, 2.05) is 0 Å². The first kappa shape index (κ1) is 14.9. The second-order valence-electron chi connectivity index (χ2n) is 6.58. The Morgan fingerprint density at radius 2 is 1.95 bits per heavy atom. The maximum absolute atomic E-state index is 6.36. The van der Waals surface area contributed by atoms with E-state index < -0.39 is 0 Å². The van der Waals surface area contributed by atoms with Gasteiger partial charge in [-0.2, -0.15) is 0 Å². The molecule has 1 aromatic carbocycles. The number of likely N-dealkylation sites (tertiary alicyclic amines) is 1. The Kier molecular flexibility index (Phi) is 4.23. The Balaban J connectivity index is 2.12. The fourth-order valence-corrected chi connectivity index (χ4v) is 4.49. The monoisotopic (exact) mass is 288 g/mol. The topological polar surface area (TPSA) is 38.5 Å². The summed E-state index contributed by atoms with van der Waals surface area (Å²) in [6.07, 6.45) is 7.49. The van der Waals surface area contributed by atoms with E-state index in [0.717, 1.165) is 12.2 Å². The molecule has 3 heteroatoms. The maximum Gasteiger partial charge on any atom is 0.122 e. The lowest BCUT2D eigenvalue weighted by atomic mass is 9.72. The molecule has 116 valence electrons. The molecule has 1 heterocycles. The van der Waals surface area contributed by atoms with E-state index in [0.29, 0.717) is 6.54 Å². The van der Waals surface area contributed by atoms with E-state index in [2.05, 4.69) is 24.0 Å². The number of fused-ring (bicyclic) bond motifs is 1. The van der Waals surface area contributed by atoms with Gasteiger partial charge in [-0.1, -0.05) is 12.5 Å². The minimum absolute atomic E-state index is 0.0344. The molecule has 0 amide bonds. The second kappa shape index (κ2) is 5.98. The van der Waals surface area contributed by atoms with Crippen molar-refractivity contribution in [2.45, 2.75) is 51.0 Å². The fourth-order valence-electron chi connectivity index (χ4n) is 4.49. The Morgan fingerprint density at radius 3 is 2.62 bits per heavy atom. The number of ether oxygens (including phenoxy) is 1. The summed E-state index contributed by atoms with van der Waals surface area (Å²) in [7, 11) is 1.78. The molecule has 1 atom stereocenters. The third-order valence-corrected chi connectivity index (χ3v) is 5.48. The molecule has 0 bridgehead atoms. The third-order valence-electron chi connectivity index (χ3n) is 5.48. The van der Waals surface area contributed by atoms with E-state index in [-0.39, 0.29) is 5.54 Å². The minimum Gasteiger partial charge on any atom is -0.496 e. The van der Waals surface area contributed by atoms with Crippen molar-refractivity contribution in [3.63, 3.8) is 0 Å². The number of benzene rings is 1. The van der Waals surface area contributed by atoms with E-state index in [1.54, 1.807) is 7.11 Å². The Bertz CT molecular complexity index is 508. The summed E-state index contributed by atoms with van der Waals surface area (Å²) in [6.45, 7) is 5.33. The van der Waals surface area contributed by atoms with E-state index >= 15 is 0 Å². The van der Waals surface area contributed by atoms with Crippen LogP contribution in [-0.4, -0.2) is 31.6 Å². The zero-order valence-electron chi connectivity index (χ0n) is 13.5. The molecule has 0 spiro atoms. The quantitative estimate of drug-likeness (QED) is 0.929. The second-order valence-corrected chi connectivity index (χ2v) is 6.58. The van der Waals surface area contributed by atoms with Gasteiger partial charge >= 0.3 is 0 Å². The molecule has 0 aromatic heterocycles. The Morgan fingerprint density at radius 1 is 1.19 bits per heavy atom. The molecule has 1 aliphatic carbocycles. The SMILES string of the molecule is COc1ccc(C)c2c1CCCC2(CN)N1CCCCC1. The van der Waals surface area contributed by atoms with Crippen LogP contribution in [0, 0.1) is 6.92 Å². The van der Waals surface area contributed by atoms with Gasteiger partial charge < -0.3 is 10.5 Å². The molecule has 2 aliphatic rings. The van der Waals surface area contributed by atoms with Crippen molar-refractivity contribution in [2.24, 2.45) is 5.73 Å². The predicted octanol–water partition coefficient (Wildman–Crippen LogP) is 2.98. The van der Waals surface area contributed by atoms with Gasteiger partial charge in [-0.15, -0.1) is 0 Å². The van der Waals surface area contributed by atoms with Crippen LogP contribution in [0.3, 0.4) is 0 Å². The van der Waals surface area contributed by atoms with Crippen molar-refractivity contribution in [1.82, 2.24) is 4.90 Å². The van der Waals surface area contributed by atoms with Crippen molar-refractivity contribution in [1.29, 1.82) is 0 Å². The molecule has 3 nitrogen and oxygen atoms in total. The molecule has 0 saturated carbocycles. The van der Waals surface area contributed by atoms with Crippen LogP contribution in [-0.2, 0) is 12.0 Å². The Hall–Kier alpha value is -1.06. The third kappa shape index (κ3) is 2.36. The number of nitrogens with zero attached hydrogens (tertiary/aromatic N) is 1. The van der Waals surface area contributed by atoms with Crippen molar-refractivity contribution in [2.75, 3.05) is 26.7 Å². The molecule has 0 radical (unpaired) electrons. The fraction of sp³-hybridized carbons (Fsp3) is 0.667. The van der Waals surface area contributed by atoms with Crippen LogP contribution < -0.4 is 10.5 Å². The van der Waals surface area contributed by atoms with Gasteiger partial charge in [0.15, 0.2) is 0 Å². The van der Waals surface area contributed by atoms with Crippen LogP contribution in [0.15, 0.2) is 12.1 Å². The molecular weight excluding hydrogens is 260 g/mol. The first-order valence-corrected chi connectivity index (χ1v) is 8.35. The molecule has 1 saturated heterocycles. The zero-order valence-corrected chi connectivity index (χ0v) is 13.5. The summed E-state index contributed by atoms with van der Waals surface area (Å²) >= 11 is 0. The molecule has 1 aromatic rings. The van der Waals surface area contributed by atoms with Gasteiger partial charge in [0.1, 0.15) is 5.75 Å². The average Bonchev–Trinajstić information content (AvgIpc) is 2.55. The summed E-state index contributed by atoms with van der Waals surface area (Å²) in [5.41, 5.74) is 10.6. The van der Waals surface area contributed by atoms with Crippen molar-refractivity contribution >= 4 is 0 Å². The van der Waals surface area contributed by atoms with Crippen LogP contribution in [0.5, 0.6) is 5.75 Å². The molecule has 1 aliphatic heterocycles. The standard InChI is InChI=1S/C18H28N2O/c1-14-8-9-16(21-2)15-7-6-10-18(13-19,17(14)15)20-11-4-3-5-12-20/h8-9H,3-7,10-13,19H2,1-2H3. The molecule has 2 N–H and O–H groups in total. The highest BCUT2D eigenvalue weighted by atomic mass is 16.5. The number of piperidine rings is 1. The summed E-state index contributed by atoms with van der Waals surface area (Å²) in [4.78, 5) is 2.67. The highest BCUT2D eigenvalue weighted by Crippen LogP contribution is 2.45. The largest absolute Gasteiger partial charge is 0.496 e. The molecule has 21 heavy (non-hydrogen) atoms. The van der Waals surface area contributed by atoms with Crippen LogP contribution in [0.2, 0.25) is 0 Å². The number of nitrogens with two attached hydrogens (primary N) is 1. The van der Waals surface area contributed by atoms with Crippen LogP contribution >= 0.6 is 0 Å². The molecular formula is C18H28N2O. The van der Waals surface area contributed by atoms with E-state index in [9.17, 15) is 0 Å². The van der Waals surface area contributed by atoms with E-state index in [4.69, 9.17) is 10.5 Å². The Labute approximate surface area is 128 Å². The zero-order chi connectivity index (χ0) is 14.9. The molecule has 1 unspecified atom stereocenters. The molecule has 1 fully saturated rings. The first-order chi connectivity index (χ1) is 10.2. The van der Waals surface area contributed by atoms with Gasteiger partial charge in [-0.25, -0.2) is 0 Å². The summed E-state index contributed by atoms with van der Waals surface area (Å²) in [5.74, 6) is 1.05. The summed E-state index contributed by atoms with van der Waals surface area (Å²) in [5, 5.41) is 0. The number of hydrogen-bond donors (Lipinski definition) is 1. The summed E-state index contributed by atoms with van der Waals surface area (Å²) in [6, 6.07) is 4.33. The van der Waals surface area contributed by atoms with Gasteiger partial charge in [0.2, 0.25) is 0 Å². The van der Waals surface area contributed by atoms with Crippen LogP contribution in [0.1, 0.15) is 48.8 Å². The normalized spacial score (nSPS) is 26.4. The van der Waals surface area contributed by atoms with Gasteiger partial charge in [-0.05, 0) is 74.9 Å². The van der Waals surface area contributed by atoms with E-state index in [1.165, 1.54) is 61.9 Å². The smallest absolute Gasteiger partial charge is 0.122 e.